The maximum absolute atomic E-state index is 12.7. The van der Waals surface area contributed by atoms with Gasteiger partial charge in [-0.15, -0.1) is 11.6 Å². The van der Waals surface area contributed by atoms with E-state index in [0.29, 0.717) is 17.4 Å². The third-order valence-corrected chi connectivity index (χ3v) is 2.33. The molecule has 16 heavy (non-hydrogen) atoms. The largest absolute Gasteiger partial charge is 0.457 e. The van der Waals surface area contributed by atoms with Gasteiger partial charge in [0.2, 0.25) is 0 Å². The highest BCUT2D eigenvalue weighted by molar-refractivity contribution is 6.17. The summed E-state index contributed by atoms with van der Waals surface area (Å²) in [6.45, 7) is 0. The lowest BCUT2D eigenvalue weighted by atomic mass is 10.3. The quantitative estimate of drug-likeness (QED) is 0.759. The second kappa shape index (κ2) is 4.94. The Kier molecular flexibility index (Phi) is 3.37. The van der Waals surface area contributed by atoms with Gasteiger partial charge < -0.3 is 4.74 Å². The molecule has 0 aliphatic rings. The second-order valence-corrected chi connectivity index (χ2v) is 3.44. The van der Waals surface area contributed by atoms with Crippen molar-refractivity contribution in [3.05, 3.63) is 54.1 Å². The molecule has 0 fully saturated rings. The van der Waals surface area contributed by atoms with Crippen molar-refractivity contribution < 1.29 is 9.13 Å². The number of ether oxygens (including phenoxy) is 1. The van der Waals surface area contributed by atoms with E-state index in [2.05, 4.69) is 4.98 Å². The Morgan fingerprint density at radius 3 is 2.62 bits per heavy atom. The first-order valence-corrected chi connectivity index (χ1v) is 5.25. The minimum absolute atomic E-state index is 0.292. The average molecular weight is 238 g/mol. The van der Waals surface area contributed by atoms with Crippen LogP contribution >= 0.6 is 11.6 Å². The average Bonchev–Trinajstić information content (AvgIpc) is 2.33. The molecule has 4 heteroatoms. The summed E-state index contributed by atoms with van der Waals surface area (Å²) in [6, 6.07) is 7.54. The predicted molar refractivity (Wildman–Crippen MR) is 60.3 cm³/mol. The first-order chi connectivity index (χ1) is 7.79. The lowest BCUT2D eigenvalue weighted by Crippen LogP contribution is -1.90. The van der Waals surface area contributed by atoms with Crippen molar-refractivity contribution >= 4 is 11.6 Å². The van der Waals surface area contributed by atoms with Gasteiger partial charge in [0.15, 0.2) is 0 Å². The molecule has 0 saturated carbocycles. The zero-order valence-corrected chi connectivity index (χ0v) is 9.12. The third kappa shape index (κ3) is 2.49. The molecule has 1 aromatic carbocycles. The van der Waals surface area contributed by atoms with Crippen LogP contribution < -0.4 is 4.74 Å². The second-order valence-electron chi connectivity index (χ2n) is 3.17. The molecule has 0 saturated heterocycles. The van der Waals surface area contributed by atoms with Crippen LogP contribution in [0.4, 0.5) is 4.39 Å². The van der Waals surface area contributed by atoms with E-state index in [9.17, 15) is 4.39 Å². The summed E-state index contributed by atoms with van der Waals surface area (Å²) in [4.78, 5) is 3.95. The lowest BCUT2D eigenvalue weighted by Gasteiger charge is -2.08. The molecular weight excluding hydrogens is 229 g/mol. The summed E-state index contributed by atoms with van der Waals surface area (Å²) in [5, 5.41) is 0. The van der Waals surface area contributed by atoms with Crippen LogP contribution in [0.3, 0.4) is 0 Å². The Bertz CT molecular complexity index is 473. The highest BCUT2D eigenvalue weighted by Gasteiger charge is 2.03. The maximum atomic E-state index is 12.7. The molecule has 82 valence electrons. The summed E-state index contributed by atoms with van der Waals surface area (Å²) in [5.74, 6) is 1.24. The van der Waals surface area contributed by atoms with E-state index >= 15 is 0 Å². The SMILES string of the molecule is Fc1ccc(Oc2ccncc2CCl)cc1. The third-order valence-electron chi connectivity index (χ3n) is 2.04. The van der Waals surface area contributed by atoms with Crippen LogP contribution in [0, 0.1) is 5.82 Å². The minimum Gasteiger partial charge on any atom is -0.457 e. The van der Waals surface area contributed by atoms with Gasteiger partial charge in [0.25, 0.3) is 0 Å². The number of halogens is 2. The molecule has 0 spiro atoms. The van der Waals surface area contributed by atoms with Crippen LogP contribution in [-0.4, -0.2) is 4.98 Å². The monoisotopic (exact) mass is 237 g/mol. The van der Waals surface area contributed by atoms with Crippen molar-refractivity contribution in [1.82, 2.24) is 4.98 Å². The molecule has 2 aromatic rings. The molecule has 2 nitrogen and oxygen atoms in total. The summed E-state index contributed by atoms with van der Waals surface area (Å²) < 4.78 is 18.2. The molecule has 0 aliphatic carbocycles. The topological polar surface area (TPSA) is 22.1 Å². The fourth-order valence-corrected chi connectivity index (χ4v) is 1.44. The molecule has 0 radical (unpaired) electrons. The van der Waals surface area contributed by atoms with E-state index in [4.69, 9.17) is 16.3 Å². The maximum Gasteiger partial charge on any atom is 0.134 e. The van der Waals surface area contributed by atoms with Crippen LogP contribution in [0.15, 0.2) is 42.7 Å². The Labute approximate surface area is 97.7 Å². The van der Waals surface area contributed by atoms with Crippen LogP contribution in [0.1, 0.15) is 5.56 Å². The predicted octanol–water partition coefficient (Wildman–Crippen LogP) is 3.75. The van der Waals surface area contributed by atoms with Gasteiger partial charge in [-0.25, -0.2) is 4.39 Å². The molecule has 1 aromatic heterocycles. The van der Waals surface area contributed by atoms with Gasteiger partial charge >= 0.3 is 0 Å². The van der Waals surface area contributed by atoms with Crippen LogP contribution in [-0.2, 0) is 5.88 Å². The molecule has 0 aliphatic heterocycles. The summed E-state index contributed by atoms with van der Waals surface area (Å²) in [7, 11) is 0. The molecule has 2 rings (SSSR count). The van der Waals surface area contributed by atoms with Crippen LogP contribution in [0.5, 0.6) is 11.5 Å². The van der Waals surface area contributed by atoms with E-state index in [0.717, 1.165) is 5.56 Å². The van der Waals surface area contributed by atoms with Gasteiger partial charge in [-0.05, 0) is 30.3 Å². The van der Waals surface area contributed by atoms with Gasteiger partial charge in [-0.2, -0.15) is 0 Å². The highest BCUT2D eigenvalue weighted by Crippen LogP contribution is 2.25. The number of rotatable bonds is 3. The van der Waals surface area contributed by atoms with Crippen molar-refractivity contribution in [3.8, 4) is 11.5 Å². The van der Waals surface area contributed by atoms with Crippen molar-refractivity contribution in [3.63, 3.8) is 0 Å². The molecular formula is C12H9ClFNO. The van der Waals surface area contributed by atoms with Crippen LogP contribution in [0.2, 0.25) is 0 Å². The molecule has 0 unspecified atom stereocenters. The van der Waals surface area contributed by atoms with Gasteiger partial charge in [-0.1, -0.05) is 0 Å². The van der Waals surface area contributed by atoms with E-state index in [1.54, 1.807) is 30.6 Å². The van der Waals surface area contributed by atoms with E-state index < -0.39 is 0 Å². The Hall–Kier alpha value is -1.61. The van der Waals surface area contributed by atoms with E-state index in [1.807, 2.05) is 0 Å². The number of benzene rings is 1. The number of nitrogens with zero attached hydrogens (tertiary/aromatic N) is 1. The fourth-order valence-electron chi connectivity index (χ4n) is 1.24. The van der Waals surface area contributed by atoms with Crippen molar-refractivity contribution in [2.24, 2.45) is 0 Å². The van der Waals surface area contributed by atoms with Crippen molar-refractivity contribution in [2.75, 3.05) is 0 Å². The Morgan fingerprint density at radius 2 is 1.94 bits per heavy atom. The lowest BCUT2D eigenvalue weighted by molar-refractivity contribution is 0.475. The van der Waals surface area contributed by atoms with Gasteiger partial charge in [0.1, 0.15) is 17.3 Å². The molecule has 0 N–H and O–H groups in total. The fraction of sp³-hybridized carbons (Fsp3) is 0.0833. The Balaban J connectivity index is 2.23. The molecule has 0 bridgehead atoms. The highest BCUT2D eigenvalue weighted by atomic mass is 35.5. The number of aromatic nitrogens is 1. The number of alkyl halides is 1. The Morgan fingerprint density at radius 1 is 1.19 bits per heavy atom. The first kappa shape index (κ1) is 10.9. The van der Waals surface area contributed by atoms with Crippen molar-refractivity contribution in [2.45, 2.75) is 5.88 Å². The smallest absolute Gasteiger partial charge is 0.134 e. The van der Waals surface area contributed by atoms with Gasteiger partial charge in [-0.3, -0.25) is 4.98 Å². The summed E-state index contributed by atoms with van der Waals surface area (Å²) in [5.41, 5.74) is 0.800. The number of pyridine rings is 1. The molecule has 0 atom stereocenters. The minimum atomic E-state index is -0.292. The summed E-state index contributed by atoms with van der Waals surface area (Å²) >= 11 is 5.74. The normalized spacial score (nSPS) is 10.1. The van der Waals surface area contributed by atoms with E-state index in [1.165, 1.54) is 12.1 Å². The van der Waals surface area contributed by atoms with Crippen molar-refractivity contribution in [1.29, 1.82) is 0 Å². The molecule has 1 heterocycles. The standard InChI is InChI=1S/C12H9ClFNO/c13-7-9-8-15-6-5-12(9)16-11-3-1-10(14)2-4-11/h1-6,8H,7H2. The van der Waals surface area contributed by atoms with Crippen LogP contribution in [0.25, 0.3) is 0 Å². The zero-order chi connectivity index (χ0) is 11.4. The zero-order valence-electron chi connectivity index (χ0n) is 8.36. The number of hydrogen-bond acceptors (Lipinski definition) is 2. The summed E-state index contributed by atoms with van der Waals surface area (Å²) in [6.07, 6.45) is 3.26. The van der Waals surface area contributed by atoms with Gasteiger partial charge in [0.05, 0.1) is 5.88 Å². The van der Waals surface area contributed by atoms with E-state index in [-0.39, 0.29) is 5.82 Å². The number of hydrogen-bond donors (Lipinski definition) is 0. The molecule has 0 amide bonds. The van der Waals surface area contributed by atoms with Gasteiger partial charge in [0, 0.05) is 18.0 Å². The first-order valence-electron chi connectivity index (χ1n) is 4.72.